The third-order valence-electron chi connectivity index (χ3n) is 5.10. The van der Waals surface area contributed by atoms with Crippen LogP contribution in [0.25, 0.3) is 0 Å². The van der Waals surface area contributed by atoms with Crippen molar-refractivity contribution in [3.05, 3.63) is 36.0 Å². The van der Waals surface area contributed by atoms with Gasteiger partial charge in [-0.1, -0.05) is 0 Å². The van der Waals surface area contributed by atoms with E-state index in [0.717, 1.165) is 45.1 Å². The number of nitrogens with one attached hydrogen (secondary N) is 1. The van der Waals surface area contributed by atoms with Gasteiger partial charge in [-0.3, -0.25) is 4.68 Å². The summed E-state index contributed by atoms with van der Waals surface area (Å²) < 4.78 is 2.04. The second kappa shape index (κ2) is 6.66. The Kier molecular flexibility index (Phi) is 4.24. The van der Waals surface area contributed by atoms with Crippen molar-refractivity contribution in [2.24, 2.45) is 5.92 Å². The van der Waals surface area contributed by atoms with E-state index in [4.69, 9.17) is 0 Å². The number of nitrogens with zero attached hydrogens (tertiary/aromatic N) is 5. The van der Waals surface area contributed by atoms with Gasteiger partial charge in [0, 0.05) is 44.1 Å². The summed E-state index contributed by atoms with van der Waals surface area (Å²) in [5, 5.41) is 7.69. The third-order valence-corrected chi connectivity index (χ3v) is 5.10. The van der Waals surface area contributed by atoms with Crippen LogP contribution in [0.4, 0.5) is 5.82 Å². The van der Waals surface area contributed by atoms with E-state index in [2.05, 4.69) is 31.5 Å². The molecule has 23 heavy (non-hydrogen) atoms. The zero-order valence-electron chi connectivity index (χ0n) is 13.5. The number of fused-ring (bicyclic) bond motifs is 1. The summed E-state index contributed by atoms with van der Waals surface area (Å²) >= 11 is 0. The lowest BCUT2D eigenvalue weighted by molar-refractivity contribution is 0.352. The van der Waals surface area contributed by atoms with Gasteiger partial charge in [-0.15, -0.1) is 0 Å². The maximum Gasteiger partial charge on any atom is 0.135 e. The lowest BCUT2D eigenvalue weighted by Gasteiger charge is -2.34. The highest BCUT2D eigenvalue weighted by molar-refractivity contribution is 5.49. The van der Waals surface area contributed by atoms with Crippen molar-refractivity contribution >= 4 is 5.82 Å². The summed E-state index contributed by atoms with van der Waals surface area (Å²) in [7, 11) is 0. The van der Waals surface area contributed by atoms with Crippen molar-refractivity contribution in [3.63, 3.8) is 0 Å². The zero-order chi connectivity index (χ0) is 15.5. The van der Waals surface area contributed by atoms with Crippen LogP contribution in [-0.4, -0.2) is 39.4 Å². The lowest BCUT2D eigenvalue weighted by Crippen LogP contribution is -2.37. The summed E-state index contributed by atoms with van der Waals surface area (Å²) in [6.45, 7) is 5.17. The smallest absolute Gasteiger partial charge is 0.135 e. The van der Waals surface area contributed by atoms with E-state index in [1.54, 1.807) is 6.33 Å². The summed E-state index contributed by atoms with van der Waals surface area (Å²) in [6, 6.07) is 2.00. The van der Waals surface area contributed by atoms with Gasteiger partial charge in [-0.25, -0.2) is 9.97 Å². The Morgan fingerprint density at radius 2 is 2.13 bits per heavy atom. The Labute approximate surface area is 136 Å². The summed E-state index contributed by atoms with van der Waals surface area (Å²) in [6.07, 6.45) is 10.4. The first kappa shape index (κ1) is 14.6. The number of anilines is 1. The van der Waals surface area contributed by atoms with Gasteiger partial charge in [0.25, 0.3) is 0 Å². The Morgan fingerprint density at radius 3 is 2.96 bits per heavy atom. The highest BCUT2D eigenvalue weighted by atomic mass is 15.3. The predicted octanol–water partition coefficient (Wildman–Crippen LogP) is 1.63. The van der Waals surface area contributed by atoms with Crippen LogP contribution in [0.5, 0.6) is 0 Å². The minimum absolute atomic E-state index is 0.801. The molecule has 122 valence electrons. The van der Waals surface area contributed by atoms with Crippen molar-refractivity contribution in [3.8, 4) is 0 Å². The van der Waals surface area contributed by atoms with Gasteiger partial charge >= 0.3 is 0 Å². The van der Waals surface area contributed by atoms with Crippen LogP contribution >= 0.6 is 0 Å². The molecule has 4 heterocycles. The fourth-order valence-electron chi connectivity index (χ4n) is 3.72. The molecule has 0 unspecified atom stereocenters. The third kappa shape index (κ3) is 3.22. The van der Waals surface area contributed by atoms with E-state index in [0.29, 0.717) is 0 Å². The maximum absolute atomic E-state index is 4.60. The molecule has 0 spiro atoms. The first-order valence-electron chi connectivity index (χ1n) is 8.66. The van der Waals surface area contributed by atoms with Crippen molar-refractivity contribution in [2.75, 3.05) is 24.5 Å². The fourth-order valence-corrected chi connectivity index (χ4v) is 3.72. The molecule has 6 nitrogen and oxygen atoms in total. The quantitative estimate of drug-likeness (QED) is 0.930. The van der Waals surface area contributed by atoms with Gasteiger partial charge in [0.2, 0.25) is 0 Å². The molecule has 1 fully saturated rings. The molecule has 0 bridgehead atoms. The van der Waals surface area contributed by atoms with Crippen molar-refractivity contribution in [2.45, 2.75) is 38.8 Å². The second-order valence-electron chi connectivity index (χ2n) is 6.54. The molecule has 1 saturated heterocycles. The van der Waals surface area contributed by atoms with Crippen LogP contribution in [0.2, 0.25) is 0 Å². The van der Waals surface area contributed by atoms with Crippen LogP contribution in [-0.2, 0) is 19.5 Å². The second-order valence-corrected chi connectivity index (χ2v) is 6.54. The van der Waals surface area contributed by atoms with Crippen LogP contribution in [0.3, 0.4) is 0 Å². The monoisotopic (exact) mass is 312 g/mol. The summed E-state index contributed by atoms with van der Waals surface area (Å²) in [5.74, 6) is 1.98. The molecule has 0 amide bonds. The van der Waals surface area contributed by atoms with E-state index in [1.807, 2.05) is 16.9 Å². The largest absolute Gasteiger partial charge is 0.356 e. The molecular formula is C17H24N6. The molecule has 0 radical (unpaired) electrons. The van der Waals surface area contributed by atoms with Crippen LogP contribution in [0.15, 0.2) is 24.8 Å². The average molecular weight is 312 g/mol. The molecule has 1 N–H and O–H groups in total. The molecule has 0 saturated carbocycles. The van der Waals surface area contributed by atoms with E-state index in [-0.39, 0.29) is 0 Å². The maximum atomic E-state index is 4.60. The predicted molar refractivity (Wildman–Crippen MR) is 89.2 cm³/mol. The Balaban J connectivity index is 1.36. The Bertz CT molecular complexity index is 631. The van der Waals surface area contributed by atoms with Crippen LogP contribution < -0.4 is 10.2 Å². The molecule has 6 heteroatoms. The van der Waals surface area contributed by atoms with Gasteiger partial charge in [0.15, 0.2) is 0 Å². The van der Waals surface area contributed by atoms with E-state index < -0.39 is 0 Å². The van der Waals surface area contributed by atoms with E-state index in [9.17, 15) is 0 Å². The molecule has 0 aromatic carbocycles. The minimum Gasteiger partial charge on any atom is -0.356 e. The molecule has 2 aliphatic rings. The number of piperidine rings is 1. The number of aromatic nitrogens is 4. The van der Waals surface area contributed by atoms with E-state index >= 15 is 0 Å². The average Bonchev–Trinajstić information content (AvgIpc) is 3.14. The van der Waals surface area contributed by atoms with Crippen LogP contribution in [0.1, 0.15) is 30.5 Å². The van der Waals surface area contributed by atoms with E-state index in [1.165, 1.54) is 36.3 Å². The number of aryl methyl sites for hydroxylation is 1. The van der Waals surface area contributed by atoms with Gasteiger partial charge in [0.1, 0.15) is 12.1 Å². The molecule has 2 aromatic heterocycles. The van der Waals surface area contributed by atoms with Crippen LogP contribution in [0, 0.1) is 5.92 Å². The lowest BCUT2D eigenvalue weighted by atomic mass is 9.93. The standard InChI is InChI=1S/C17H24N6/c1-6-21-23(8-1)11-5-14-3-9-22(10-4-14)17-15-2-7-18-12-16(15)19-13-20-17/h1,6,8,13-14,18H,2-5,7,9-12H2. The highest BCUT2D eigenvalue weighted by Gasteiger charge is 2.24. The topological polar surface area (TPSA) is 58.9 Å². The normalized spacial score (nSPS) is 18.9. The molecule has 0 aliphatic carbocycles. The molecular weight excluding hydrogens is 288 g/mol. The van der Waals surface area contributed by atoms with Gasteiger partial charge in [0.05, 0.1) is 5.69 Å². The molecule has 2 aliphatic heterocycles. The Morgan fingerprint density at radius 1 is 1.22 bits per heavy atom. The SMILES string of the molecule is c1cnn(CCC2CCN(c3ncnc4c3CCNC4)CC2)c1. The Hall–Kier alpha value is -1.95. The number of hydrogen-bond donors (Lipinski definition) is 1. The summed E-state index contributed by atoms with van der Waals surface area (Å²) in [4.78, 5) is 11.5. The molecule has 4 rings (SSSR count). The molecule has 2 aromatic rings. The first-order valence-corrected chi connectivity index (χ1v) is 8.66. The first-order chi connectivity index (χ1) is 11.4. The summed E-state index contributed by atoms with van der Waals surface area (Å²) in [5.41, 5.74) is 2.54. The zero-order valence-corrected chi connectivity index (χ0v) is 13.5. The highest BCUT2D eigenvalue weighted by Crippen LogP contribution is 2.28. The van der Waals surface area contributed by atoms with Crippen molar-refractivity contribution in [1.29, 1.82) is 0 Å². The number of hydrogen-bond acceptors (Lipinski definition) is 5. The van der Waals surface area contributed by atoms with Crippen molar-refractivity contribution < 1.29 is 0 Å². The molecule has 0 atom stereocenters. The van der Waals surface area contributed by atoms with Gasteiger partial charge in [-0.05, 0) is 44.2 Å². The fraction of sp³-hybridized carbons (Fsp3) is 0.588. The van der Waals surface area contributed by atoms with Gasteiger partial charge < -0.3 is 10.2 Å². The van der Waals surface area contributed by atoms with Crippen molar-refractivity contribution in [1.82, 2.24) is 25.1 Å². The minimum atomic E-state index is 0.801. The van der Waals surface area contributed by atoms with Gasteiger partial charge in [-0.2, -0.15) is 5.10 Å². The number of rotatable bonds is 4.